The SMILES string of the molecule is Cc1cc(C(=O)COC(=O)c2ccc(Br)o2)c(C)n1CCc1ccc(F)cc1. The Kier molecular flexibility index (Phi) is 6.14. The minimum absolute atomic E-state index is 0.0319. The van der Waals surface area contributed by atoms with Crippen LogP contribution in [0, 0.1) is 19.7 Å². The predicted molar refractivity (Wildman–Crippen MR) is 105 cm³/mol. The fourth-order valence-corrected chi connectivity index (χ4v) is 3.33. The monoisotopic (exact) mass is 447 g/mol. The van der Waals surface area contributed by atoms with Crippen molar-refractivity contribution in [3.63, 3.8) is 0 Å². The van der Waals surface area contributed by atoms with Gasteiger partial charge in [-0.05, 0) is 72.1 Å². The Balaban J connectivity index is 1.64. The van der Waals surface area contributed by atoms with Crippen LogP contribution in [0.5, 0.6) is 0 Å². The Hall–Kier alpha value is -2.67. The minimum Gasteiger partial charge on any atom is -0.451 e. The van der Waals surface area contributed by atoms with Crippen LogP contribution < -0.4 is 0 Å². The lowest BCUT2D eigenvalue weighted by Crippen LogP contribution is -2.15. The van der Waals surface area contributed by atoms with Gasteiger partial charge in [-0.3, -0.25) is 4.79 Å². The lowest BCUT2D eigenvalue weighted by molar-refractivity contribution is 0.0442. The first kappa shape index (κ1) is 20.1. The molecule has 2 aromatic heterocycles. The second-order valence-corrected chi connectivity index (χ2v) is 7.20. The number of Topliss-reactive ketones (excluding diaryl/α,β-unsaturated/α-hetero) is 1. The third kappa shape index (κ3) is 4.59. The molecule has 0 aliphatic rings. The summed E-state index contributed by atoms with van der Waals surface area (Å²) in [5.41, 5.74) is 3.27. The number of rotatable bonds is 7. The average Bonchev–Trinajstić information content (AvgIpc) is 3.23. The first-order valence-electron chi connectivity index (χ1n) is 8.72. The number of benzene rings is 1. The largest absolute Gasteiger partial charge is 0.451 e. The summed E-state index contributed by atoms with van der Waals surface area (Å²) in [5.74, 6) is -1.20. The van der Waals surface area contributed by atoms with Crippen molar-refractivity contribution in [2.45, 2.75) is 26.8 Å². The molecule has 5 nitrogen and oxygen atoms in total. The maximum Gasteiger partial charge on any atom is 0.374 e. The number of nitrogens with zero attached hydrogens (tertiary/aromatic N) is 1. The summed E-state index contributed by atoms with van der Waals surface area (Å²) in [5, 5.41) is 0. The molecule has 0 aliphatic carbocycles. The second-order valence-electron chi connectivity index (χ2n) is 6.42. The Morgan fingerprint density at radius 3 is 2.50 bits per heavy atom. The van der Waals surface area contributed by atoms with E-state index in [1.165, 1.54) is 18.2 Å². The molecule has 0 radical (unpaired) electrons. The molecule has 0 aliphatic heterocycles. The van der Waals surface area contributed by atoms with Gasteiger partial charge in [0.05, 0.1) is 0 Å². The standard InChI is InChI=1S/C21H19BrFNO4/c1-13-11-17(18(25)12-27-21(26)19-7-8-20(22)28-19)14(2)24(13)10-9-15-3-5-16(23)6-4-15/h3-8,11H,9-10,12H2,1-2H3. The van der Waals surface area contributed by atoms with Gasteiger partial charge in [0.2, 0.25) is 11.5 Å². The summed E-state index contributed by atoms with van der Waals surface area (Å²) in [6, 6.07) is 11.2. The van der Waals surface area contributed by atoms with E-state index in [4.69, 9.17) is 9.15 Å². The predicted octanol–water partition coefficient (Wildman–Crippen LogP) is 4.88. The van der Waals surface area contributed by atoms with Gasteiger partial charge < -0.3 is 13.7 Å². The molecule has 146 valence electrons. The highest BCUT2D eigenvalue weighted by atomic mass is 79.9. The average molecular weight is 448 g/mol. The molecule has 2 heterocycles. The number of carbonyl (C=O) groups excluding carboxylic acids is 2. The summed E-state index contributed by atoms with van der Waals surface area (Å²) in [7, 11) is 0. The molecule has 1 aromatic carbocycles. The van der Waals surface area contributed by atoms with Gasteiger partial charge in [0.1, 0.15) is 5.82 Å². The summed E-state index contributed by atoms with van der Waals surface area (Å²) >= 11 is 3.11. The van der Waals surface area contributed by atoms with E-state index in [0.29, 0.717) is 23.2 Å². The van der Waals surface area contributed by atoms with E-state index in [2.05, 4.69) is 15.9 Å². The molecular weight excluding hydrogens is 429 g/mol. The molecule has 0 bridgehead atoms. The van der Waals surface area contributed by atoms with Crippen molar-refractivity contribution < 1.29 is 23.1 Å². The van der Waals surface area contributed by atoms with Gasteiger partial charge in [0, 0.05) is 23.5 Å². The van der Waals surface area contributed by atoms with Crippen molar-refractivity contribution in [2.24, 2.45) is 0 Å². The van der Waals surface area contributed by atoms with E-state index in [1.807, 2.05) is 18.4 Å². The van der Waals surface area contributed by atoms with Gasteiger partial charge in [-0.2, -0.15) is 0 Å². The lowest BCUT2D eigenvalue weighted by atomic mass is 10.1. The van der Waals surface area contributed by atoms with E-state index in [1.54, 1.807) is 24.3 Å². The van der Waals surface area contributed by atoms with Crippen molar-refractivity contribution in [3.8, 4) is 0 Å². The Morgan fingerprint density at radius 1 is 1.14 bits per heavy atom. The normalized spacial score (nSPS) is 10.9. The zero-order valence-corrected chi connectivity index (χ0v) is 17.1. The van der Waals surface area contributed by atoms with Gasteiger partial charge in [-0.15, -0.1) is 0 Å². The van der Waals surface area contributed by atoms with E-state index in [9.17, 15) is 14.0 Å². The first-order chi connectivity index (χ1) is 13.3. The number of carbonyl (C=O) groups is 2. The number of ether oxygens (including phenoxy) is 1. The Morgan fingerprint density at radius 2 is 1.86 bits per heavy atom. The third-order valence-corrected chi connectivity index (χ3v) is 4.95. The van der Waals surface area contributed by atoms with Gasteiger partial charge in [0.25, 0.3) is 0 Å². The first-order valence-corrected chi connectivity index (χ1v) is 9.51. The fourth-order valence-electron chi connectivity index (χ4n) is 3.02. The smallest absolute Gasteiger partial charge is 0.374 e. The molecule has 7 heteroatoms. The van der Waals surface area contributed by atoms with Crippen molar-refractivity contribution in [3.05, 3.63) is 81.2 Å². The van der Waals surface area contributed by atoms with Crippen molar-refractivity contribution >= 4 is 27.7 Å². The van der Waals surface area contributed by atoms with Gasteiger partial charge in [-0.25, -0.2) is 9.18 Å². The second kappa shape index (κ2) is 8.56. The van der Waals surface area contributed by atoms with Gasteiger partial charge in [0.15, 0.2) is 11.3 Å². The number of hydrogen-bond acceptors (Lipinski definition) is 4. The number of halogens is 2. The van der Waals surface area contributed by atoms with E-state index in [0.717, 1.165) is 17.0 Å². The maximum absolute atomic E-state index is 13.0. The Bertz CT molecular complexity index is 1000. The number of aryl methyl sites for hydroxylation is 2. The third-order valence-electron chi connectivity index (χ3n) is 4.52. The minimum atomic E-state index is -0.691. The summed E-state index contributed by atoms with van der Waals surface area (Å²) in [6.45, 7) is 4.08. The fraction of sp³-hybridized carbons (Fsp3) is 0.238. The quantitative estimate of drug-likeness (QED) is 0.382. The van der Waals surface area contributed by atoms with Crippen molar-refractivity contribution in [2.75, 3.05) is 6.61 Å². The summed E-state index contributed by atoms with van der Waals surface area (Å²) in [4.78, 5) is 24.4. The summed E-state index contributed by atoms with van der Waals surface area (Å²) < 4.78 is 25.6. The molecule has 3 rings (SSSR count). The highest BCUT2D eigenvalue weighted by molar-refractivity contribution is 9.10. The van der Waals surface area contributed by atoms with Crippen LogP contribution in [0.3, 0.4) is 0 Å². The molecule has 28 heavy (non-hydrogen) atoms. The molecule has 0 fully saturated rings. The number of hydrogen-bond donors (Lipinski definition) is 0. The van der Waals surface area contributed by atoms with Gasteiger partial charge in [-0.1, -0.05) is 12.1 Å². The molecule has 0 amide bonds. The zero-order chi connectivity index (χ0) is 20.3. The van der Waals surface area contributed by atoms with Crippen molar-refractivity contribution in [1.29, 1.82) is 0 Å². The number of aromatic nitrogens is 1. The van der Waals surface area contributed by atoms with Crippen molar-refractivity contribution in [1.82, 2.24) is 4.57 Å². The van der Waals surface area contributed by atoms with Crippen LogP contribution in [-0.4, -0.2) is 22.9 Å². The van der Waals surface area contributed by atoms with E-state index in [-0.39, 0.29) is 24.0 Å². The molecule has 0 saturated heterocycles. The van der Waals surface area contributed by atoms with E-state index < -0.39 is 5.97 Å². The van der Waals surface area contributed by atoms with Crippen LogP contribution in [0.1, 0.15) is 37.9 Å². The van der Waals surface area contributed by atoms with E-state index >= 15 is 0 Å². The molecule has 0 spiro atoms. The van der Waals surface area contributed by atoms with Crippen LogP contribution >= 0.6 is 15.9 Å². The van der Waals surface area contributed by atoms with Crippen LogP contribution in [0.15, 0.2) is 51.6 Å². The van der Waals surface area contributed by atoms with Crippen LogP contribution in [0.2, 0.25) is 0 Å². The molecule has 0 saturated carbocycles. The molecule has 0 N–H and O–H groups in total. The number of ketones is 1. The highest BCUT2D eigenvalue weighted by Gasteiger charge is 2.19. The molecule has 0 atom stereocenters. The maximum atomic E-state index is 13.0. The number of furan rings is 1. The topological polar surface area (TPSA) is 61.4 Å². The highest BCUT2D eigenvalue weighted by Crippen LogP contribution is 2.18. The van der Waals surface area contributed by atoms with Crippen LogP contribution in [0.25, 0.3) is 0 Å². The van der Waals surface area contributed by atoms with Gasteiger partial charge >= 0.3 is 5.97 Å². The zero-order valence-electron chi connectivity index (χ0n) is 15.5. The molecular formula is C21H19BrFNO4. The lowest BCUT2D eigenvalue weighted by Gasteiger charge is -2.10. The van der Waals surface area contributed by atoms with Crippen LogP contribution in [0.4, 0.5) is 4.39 Å². The van der Waals surface area contributed by atoms with Crippen LogP contribution in [-0.2, 0) is 17.7 Å². The number of esters is 1. The molecule has 3 aromatic rings. The Labute approximate surface area is 170 Å². The molecule has 0 unspecified atom stereocenters. The summed E-state index contributed by atoms with van der Waals surface area (Å²) in [6.07, 6.45) is 0.715.